The monoisotopic (exact) mass is 1390 g/mol. The van der Waals surface area contributed by atoms with Gasteiger partial charge in [0.05, 0.1) is 78.9 Å². The van der Waals surface area contributed by atoms with Gasteiger partial charge >= 0.3 is 0 Å². The molecule has 0 saturated carbocycles. The van der Waals surface area contributed by atoms with Crippen LogP contribution in [0, 0.1) is 0 Å². The molecule has 2 aromatic heterocycles. The van der Waals surface area contributed by atoms with Crippen LogP contribution >= 0.6 is 0 Å². The van der Waals surface area contributed by atoms with Crippen molar-refractivity contribution in [2.45, 2.75) is 0 Å². The Hall–Kier alpha value is -13.7. The summed E-state index contributed by atoms with van der Waals surface area (Å²) in [5.41, 5.74) is 20.1. The summed E-state index contributed by atoms with van der Waals surface area (Å²) >= 11 is 0. The third-order valence-corrected chi connectivity index (χ3v) is 19.7. The Bertz CT molecular complexity index is 4910. The molecule has 0 saturated heterocycles. The quantitative estimate of drug-likeness (QED) is 0.0610. The van der Waals surface area contributed by atoms with E-state index in [1.807, 2.05) is 97.1 Å². The standard InChI is InChI=1S/C92H76N6O8/c1-99-77-37-17-63(18-38-77)93(64-19-39-78(100-2)40-20-64)73-33-53-89-85(57-73)86-58-74(94(65-21-41-79(101-3)42-22-65)66-23-43-80(102-4)44-24-66)34-54-90(86)97(89)71-13-9-61(10-14-71)62-11-15-72(16-12-62)98-91-55-35-75(95(67-25-45-81(103-5)46-26-67)68-27-47-82(104-6)48-28-68)59-87(91)88-60-76(36-56-92(88)98)96(69-29-49-83(105-7)50-30-69)70-31-51-84(106-8)52-32-70/h9-60H,1-8H3. The Morgan fingerprint density at radius 2 is 0.321 bits per heavy atom. The van der Waals surface area contributed by atoms with Crippen molar-refractivity contribution in [2.75, 3.05) is 76.5 Å². The second-order valence-corrected chi connectivity index (χ2v) is 25.5. The van der Waals surface area contributed by atoms with Gasteiger partial charge in [0.25, 0.3) is 0 Å². The van der Waals surface area contributed by atoms with E-state index in [2.05, 4.69) is 247 Å². The molecule has 0 spiro atoms. The molecule has 14 aromatic carbocycles. The number of benzene rings is 14. The van der Waals surface area contributed by atoms with Crippen LogP contribution in [0.5, 0.6) is 46.0 Å². The van der Waals surface area contributed by atoms with Crippen LogP contribution in [0.4, 0.5) is 68.2 Å². The number of aromatic nitrogens is 2. The van der Waals surface area contributed by atoms with Crippen LogP contribution in [-0.4, -0.2) is 66.0 Å². The highest BCUT2D eigenvalue weighted by atomic mass is 16.5. The molecular weight excluding hydrogens is 1320 g/mol. The van der Waals surface area contributed by atoms with Gasteiger partial charge in [-0.2, -0.15) is 0 Å². The third-order valence-electron chi connectivity index (χ3n) is 19.7. The zero-order valence-corrected chi connectivity index (χ0v) is 60.0. The number of nitrogens with zero attached hydrogens (tertiary/aromatic N) is 6. The van der Waals surface area contributed by atoms with Crippen LogP contribution in [0.3, 0.4) is 0 Å². The van der Waals surface area contributed by atoms with Gasteiger partial charge in [-0.1, -0.05) is 24.3 Å². The Balaban J connectivity index is 0.814. The van der Waals surface area contributed by atoms with E-state index in [4.69, 9.17) is 37.9 Å². The number of anilines is 12. The normalized spacial score (nSPS) is 11.2. The van der Waals surface area contributed by atoms with Crippen LogP contribution in [0.25, 0.3) is 66.1 Å². The molecular formula is C92H76N6O8. The third kappa shape index (κ3) is 12.7. The predicted molar refractivity (Wildman–Crippen MR) is 432 cm³/mol. The highest BCUT2D eigenvalue weighted by molar-refractivity contribution is 6.14. The van der Waals surface area contributed by atoms with E-state index in [1.165, 1.54) is 0 Å². The van der Waals surface area contributed by atoms with Crippen molar-refractivity contribution in [1.29, 1.82) is 0 Å². The number of hydrogen-bond acceptors (Lipinski definition) is 12. The molecule has 0 aliphatic carbocycles. The Morgan fingerprint density at radius 3 is 0.472 bits per heavy atom. The first kappa shape index (κ1) is 66.8. The Labute approximate surface area is 615 Å². The van der Waals surface area contributed by atoms with E-state index in [0.717, 1.165) is 180 Å². The minimum atomic E-state index is 0.774. The number of methoxy groups -OCH3 is 8. The molecule has 0 aliphatic heterocycles. The summed E-state index contributed by atoms with van der Waals surface area (Å²) in [7, 11) is 13.5. The van der Waals surface area contributed by atoms with Crippen LogP contribution in [-0.2, 0) is 0 Å². The maximum atomic E-state index is 5.64. The largest absolute Gasteiger partial charge is 0.497 e. The minimum Gasteiger partial charge on any atom is -0.497 e. The minimum absolute atomic E-state index is 0.774. The van der Waals surface area contributed by atoms with Gasteiger partial charge < -0.3 is 66.6 Å². The lowest BCUT2D eigenvalue weighted by Crippen LogP contribution is -2.10. The zero-order chi connectivity index (χ0) is 72.4. The first-order valence-electron chi connectivity index (χ1n) is 34.8. The number of hydrogen-bond donors (Lipinski definition) is 0. The summed E-state index contributed by atoms with van der Waals surface area (Å²) in [6.45, 7) is 0. The van der Waals surface area contributed by atoms with E-state index in [9.17, 15) is 0 Å². The van der Waals surface area contributed by atoms with Crippen molar-refractivity contribution < 1.29 is 37.9 Å². The molecule has 0 aliphatic rings. The van der Waals surface area contributed by atoms with E-state index in [-0.39, 0.29) is 0 Å². The van der Waals surface area contributed by atoms with Crippen molar-refractivity contribution in [1.82, 2.24) is 9.13 Å². The van der Waals surface area contributed by atoms with Crippen LogP contribution in [0.1, 0.15) is 0 Å². The molecule has 16 aromatic rings. The fourth-order valence-corrected chi connectivity index (χ4v) is 14.4. The van der Waals surface area contributed by atoms with Crippen molar-refractivity contribution in [2.24, 2.45) is 0 Å². The van der Waals surface area contributed by atoms with E-state index in [1.54, 1.807) is 56.9 Å². The lowest BCUT2D eigenvalue weighted by Gasteiger charge is -2.26. The molecule has 0 fully saturated rings. The van der Waals surface area contributed by atoms with Crippen molar-refractivity contribution in [3.63, 3.8) is 0 Å². The molecule has 0 radical (unpaired) electrons. The number of ether oxygens (including phenoxy) is 8. The lowest BCUT2D eigenvalue weighted by molar-refractivity contribution is 0.414. The molecule has 14 nitrogen and oxygen atoms in total. The fraction of sp³-hybridized carbons (Fsp3) is 0.0870. The molecule has 0 bridgehead atoms. The summed E-state index contributed by atoms with van der Waals surface area (Å²) in [5, 5.41) is 4.28. The van der Waals surface area contributed by atoms with Gasteiger partial charge in [0.15, 0.2) is 0 Å². The highest BCUT2D eigenvalue weighted by Gasteiger charge is 2.24. The van der Waals surface area contributed by atoms with Crippen LogP contribution < -0.4 is 57.5 Å². The second kappa shape index (κ2) is 29.0. The molecule has 0 unspecified atom stereocenters. The first-order valence-corrected chi connectivity index (χ1v) is 34.8. The Kier molecular flexibility index (Phi) is 18.3. The smallest absolute Gasteiger partial charge is 0.119 e. The van der Waals surface area contributed by atoms with Gasteiger partial charge in [-0.25, -0.2) is 0 Å². The summed E-state index contributed by atoms with van der Waals surface area (Å²) < 4.78 is 49.9. The van der Waals surface area contributed by atoms with Crippen molar-refractivity contribution in [3.05, 3.63) is 315 Å². The Morgan fingerprint density at radius 1 is 0.170 bits per heavy atom. The van der Waals surface area contributed by atoms with Crippen molar-refractivity contribution in [3.8, 4) is 68.5 Å². The molecule has 0 amide bonds. The summed E-state index contributed by atoms with van der Waals surface area (Å²) in [6, 6.07) is 110. The van der Waals surface area contributed by atoms with Gasteiger partial charge in [0.1, 0.15) is 46.0 Å². The molecule has 0 N–H and O–H groups in total. The first-order chi connectivity index (χ1) is 52.1. The fourth-order valence-electron chi connectivity index (χ4n) is 14.4. The topological polar surface area (TPSA) is 96.7 Å². The molecule has 14 heteroatoms. The SMILES string of the molecule is COc1ccc(N(c2ccc(OC)cc2)c2ccc3c(c2)c2cc(N(c4ccc(OC)cc4)c4ccc(OC)cc4)ccc2n3-c2ccc(-c3ccc(-n4c5ccc(N(c6ccc(OC)cc6)c6ccc(OC)cc6)cc5c5cc(N(c6ccc(OC)cc6)c6ccc(OC)cc6)ccc54)cc3)cc2)cc1. The van der Waals surface area contributed by atoms with Gasteiger partial charge in [-0.05, 0) is 302 Å². The van der Waals surface area contributed by atoms with Crippen LogP contribution in [0.15, 0.2) is 315 Å². The maximum absolute atomic E-state index is 5.64. The summed E-state index contributed by atoms with van der Waals surface area (Å²) in [6.07, 6.45) is 0. The number of rotatable bonds is 23. The van der Waals surface area contributed by atoms with Crippen LogP contribution in [0.2, 0.25) is 0 Å². The van der Waals surface area contributed by atoms with E-state index in [0.29, 0.717) is 0 Å². The number of fused-ring (bicyclic) bond motifs is 6. The maximum Gasteiger partial charge on any atom is 0.119 e. The van der Waals surface area contributed by atoms with Gasteiger partial charge in [0.2, 0.25) is 0 Å². The van der Waals surface area contributed by atoms with E-state index >= 15 is 0 Å². The second-order valence-electron chi connectivity index (χ2n) is 25.5. The zero-order valence-electron chi connectivity index (χ0n) is 60.0. The van der Waals surface area contributed by atoms with Crippen molar-refractivity contribution >= 4 is 112 Å². The van der Waals surface area contributed by atoms with Gasteiger partial charge in [-0.3, -0.25) is 0 Å². The lowest BCUT2D eigenvalue weighted by atomic mass is 10.0. The van der Waals surface area contributed by atoms with Gasteiger partial charge in [0, 0.05) is 101 Å². The molecule has 2 heterocycles. The van der Waals surface area contributed by atoms with Gasteiger partial charge in [-0.15, -0.1) is 0 Å². The molecule has 0 atom stereocenters. The molecule has 106 heavy (non-hydrogen) atoms. The summed E-state index contributed by atoms with van der Waals surface area (Å²) in [5.74, 6) is 6.19. The molecule has 522 valence electrons. The summed E-state index contributed by atoms with van der Waals surface area (Å²) in [4.78, 5) is 9.08. The molecule has 16 rings (SSSR count). The average molecular weight is 1390 g/mol. The predicted octanol–water partition coefficient (Wildman–Crippen LogP) is 23.5. The van der Waals surface area contributed by atoms with E-state index < -0.39 is 0 Å². The average Bonchev–Trinajstić information content (AvgIpc) is 1.59. The highest BCUT2D eigenvalue weighted by Crippen LogP contribution is 2.47.